The summed E-state index contributed by atoms with van der Waals surface area (Å²) < 4.78 is 5.42. The summed E-state index contributed by atoms with van der Waals surface area (Å²) in [5.74, 6) is 0.219. The van der Waals surface area contributed by atoms with Crippen molar-refractivity contribution in [3.05, 3.63) is 11.8 Å². The highest BCUT2D eigenvalue weighted by Gasteiger charge is 2.36. The summed E-state index contributed by atoms with van der Waals surface area (Å²) in [6.07, 6.45) is 2.43. The van der Waals surface area contributed by atoms with Gasteiger partial charge in [-0.3, -0.25) is 9.69 Å². The number of anilines is 2. The van der Waals surface area contributed by atoms with Crippen molar-refractivity contribution in [1.82, 2.24) is 14.9 Å². The van der Waals surface area contributed by atoms with Crippen LogP contribution in [0.5, 0.6) is 0 Å². The molecule has 2 saturated heterocycles. The van der Waals surface area contributed by atoms with Crippen LogP contribution in [0, 0.1) is 0 Å². The van der Waals surface area contributed by atoms with Gasteiger partial charge in [0, 0.05) is 43.5 Å². The van der Waals surface area contributed by atoms with E-state index < -0.39 is 11.4 Å². The van der Waals surface area contributed by atoms with Crippen molar-refractivity contribution in [2.24, 2.45) is 0 Å². The molecule has 9 heteroatoms. The first-order chi connectivity index (χ1) is 12.8. The number of likely N-dealkylation sites (N-methyl/N-ethyl adjacent to an activating group) is 1. The molecule has 0 unspecified atom stereocenters. The summed E-state index contributed by atoms with van der Waals surface area (Å²) in [4.78, 5) is 25.0. The number of likely N-dealkylation sites (tertiary alicyclic amines) is 1. The third-order valence-electron chi connectivity index (χ3n) is 5.52. The molecule has 0 radical (unpaired) electrons. The molecule has 3 heterocycles. The average Bonchev–Trinajstić information content (AvgIpc) is 3.01. The lowest BCUT2D eigenvalue weighted by Gasteiger charge is -2.32. The van der Waals surface area contributed by atoms with E-state index in [0.717, 1.165) is 13.0 Å². The molecule has 0 saturated carbocycles. The monoisotopic (exact) mass is 379 g/mol. The minimum absolute atomic E-state index is 0.125. The number of hydrogen-bond acceptors (Lipinski definition) is 8. The molecule has 0 bridgehead atoms. The van der Waals surface area contributed by atoms with Crippen molar-refractivity contribution in [3.8, 4) is 0 Å². The van der Waals surface area contributed by atoms with Crippen LogP contribution in [-0.4, -0.2) is 89.6 Å². The summed E-state index contributed by atoms with van der Waals surface area (Å²) >= 11 is 0. The molecule has 150 valence electrons. The fourth-order valence-corrected chi connectivity index (χ4v) is 3.60. The highest BCUT2D eigenvalue weighted by Crippen LogP contribution is 2.32. The molecular weight excluding hydrogens is 350 g/mol. The van der Waals surface area contributed by atoms with Crippen molar-refractivity contribution in [3.63, 3.8) is 0 Å². The molecular formula is C18H29N5O4. The number of aliphatic hydroxyl groups excluding tert-OH is 1. The number of rotatable bonds is 6. The number of hydrogen-bond donors (Lipinski definition) is 3. The van der Waals surface area contributed by atoms with E-state index in [4.69, 9.17) is 4.74 Å². The quantitative estimate of drug-likeness (QED) is 0.636. The van der Waals surface area contributed by atoms with Gasteiger partial charge in [-0.2, -0.15) is 4.98 Å². The van der Waals surface area contributed by atoms with Gasteiger partial charge in [0.15, 0.2) is 0 Å². The van der Waals surface area contributed by atoms with Gasteiger partial charge in [-0.1, -0.05) is 0 Å². The second-order valence-corrected chi connectivity index (χ2v) is 7.81. The van der Waals surface area contributed by atoms with Gasteiger partial charge < -0.3 is 25.2 Å². The Morgan fingerprint density at radius 1 is 1.41 bits per heavy atom. The van der Waals surface area contributed by atoms with Crippen LogP contribution >= 0.6 is 0 Å². The van der Waals surface area contributed by atoms with E-state index in [-0.39, 0.29) is 18.7 Å². The van der Waals surface area contributed by atoms with Crippen LogP contribution in [-0.2, 0) is 14.9 Å². The number of morpholine rings is 1. The van der Waals surface area contributed by atoms with Gasteiger partial charge in [-0.05, 0) is 27.3 Å². The van der Waals surface area contributed by atoms with E-state index >= 15 is 0 Å². The number of ether oxygens (including phenoxy) is 1. The lowest BCUT2D eigenvalue weighted by molar-refractivity contribution is -0.142. The number of aliphatic carboxylic acids is 1. The third kappa shape index (κ3) is 4.15. The Labute approximate surface area is 159 Å². The highest BCUT2D eigenvalue weighted by atomic mass is 16.5. The largest absolute Gasteiger partial charge is 0.481 e. The summed E-state index contributed by atoms with van der Waals surface area (Å²) in [7, 11) is 1.99. The molecule has 0 aromatic carbocycles. The number of carboxylic acids is 1. The Morgan fingerprint density at radius 3 is 2.70 bits per heavy atom. The molecule has 0 aliphatic carbocycles. The fraction of sp³-hybridized carbons (Fsp3) is 0.722. The molecule has 3 rings (SSSR count). The molecule has 1 aromatic heterocycles. The molecule has 2 atom stereocenters. The Bertz CT molecular complexity index is 678. The predicted molar refractivity (Wildman–Crippen MR) is 101 cm³/mol. The number of nitrogens with zero attached hydrogens (tertiary/aromatic N) is 4. The van der Waals surface area contributed by atoms with Gasteiger partial charge in [-0.15, -0.1) is 0 Å². The zero-order valence-corrected chi connectivity index (χ0v) is 16.2. The molecule has 2 fully saturated rings. The number of nitrogens with one attached hydrogen (secondary N) is 1. The van der Waals surface area contributed by atoms with Gasteiger partial charge in [0.25, 0.3) is 0 Å². The number of carbonyl (C=O) groups is 1. The van der Waals surface area contributed by atoms with Crippen LogP contribution in [0.3, 0.4) is 0 Å². The number of aromatic nitrogens is 2. The Morgan fingerprint density at radius 2 is 2.11 bits per heavy atom. The third-order valence-corrected chi connectivity index (χ3v) is 5.52. The summed E-state index contributed by atoms with van der Waals surface area (Å²) in [6, 6.07) is 0.273. The summed E-state index contributed by atoms with van der Waals surface area (Å²) in [5.41, 5.74) is -0.499. The molecule has 9 nitrogen and oxygen atoms in total. The zero-order valence-electron chi connectivity index (χ0n) is 16.2. The van der Waals surface area contributed by atoms with Crippen LogP contribution in [0.25, 0.3) is 0 Å². The molecule has 3 N–H and O–H groups in total. The maximum Gasteiger partial charge on any atom is 0.313 e. The average molecular weight is 379 g/mol. The highest BCUT2D eigenvalue weighted by molar-refractivity contribution is 5.82. The maximum absolute atomic E-state index is 11.8. The molecule has 0 amide bonds. The number of aliphatic hydroxyl groups is 1. The van der Waals surface area contributed by atoms with Crippen LogP contribution < -0.4 is 10.2 Å². The van der Waals surface area contributed by atoms with Gasteiger partial charge in [0.05, 0.1) is 25.2 Å². The van der Waals surface area contributed by atoms with E-state index in [0.29, 0.717) is 43.6 Å². The van der Waals surface area contributed by atoms with Gasteiger partial charge >= 0.3 is 5.97 Å². The Balaban J connectivity index is 1.87. The number of carboxylic acid groups (broad SMARTS) is 1. The first-order valence-electron chi connectivity index (χ1n) is 9.34. The predicted octanol–water partition coefficient (Wildman–Crippen LogP) is 0.152. The second-order valence-electron chi connectivity index (χ2n) is 7.81. The molecule has 2 aliphatic rings. The smallest absolute Gasteiger partial charge is 0.313 e. The molecule has 1 aromatic rings. The maximum atomic E-state index is 11.8. The van der Waals surface area contributed by atoms with Crippen LogP contribution in [0.2, 0.25) is 0 Å². The minimum Gasteiger partial charge on any atom is -0.481 e. The first-order valence-corrected chi connectivity index (χ1v) is 9.34. The van der Waals surface area contributed by atoms with Crippen LogP contribution in [0.15, 0.2) is 6.20 Å². The first kappa shape index (κ1) is 19.8. The second kappa shape index (κ2) is 7.95. The van der Waals surface area contributed by atoms with Gasteiger partial charge in [0.2, 0.25) is 5.95 Å². The van der Waals surface area contributed by atoms with Crippen LogP contribution in [0.4, 0.5) is 11.8 Å². The molecule has 0 spiro atoms. The van der Waals surface area contributed by atoms with E-state index in [1.807, 2.05) is 7.05 Å². The van der Waals surface area contributed by atoms with E-state index in [9.17, 15) is 15.0 Å². The van der Waals surface area contributed by atoms with Crippen LogP contribution in [0.1, 0.15) is 25.8 Å². The summed E-state index contributed by atoms with van der Waals surface area (Å²) in [5, 5.41) is 22.4. The van der Waals surface area contributed by atoms with Gasteiger partial charge in [-0.25, -0.2) is 4.98 Å². The minimum atomic E-state index is -1.10. The van der Waals surface area contributed by atoms with E-state index in [2.05, 4.69) is 25.1 Å². The lowest BCUT2D eigenvalue weighted by atomic mass is 9.85. The molecule has 27 heavy (non-hydrogen) atoms. The normalized spacial score (nSPS) is 24.2. The zero-order chi connectivity index (χ0) is 19.6. The van der Waals surface area contributed by atoms with E-state index in [1.54, 1.807) is 20.0 Å². The SMILES string of the molecule is CN1C[C@H](Nc2ncc(C(C)(C)C(=O)O)c(N3CCOCC3)n2)C[C@H]1CO. The van der Waals surface area contributed by atoms with Crippen molar-refractivity contribution in [1.29, 1.82) is 0 Å². The van der Waals surface area contributed by atoms with Crippen molar-refractivity contribution >= 4 is 17.7 Å². The Hall–Kier alpha value is -1.97. The standard InChI is InChI=1S/C18H29N5O4/c1-18(2,16(25)26)14-9-19-17(20-12-8-13(11-24)22(3)10-12)21-15(14)23-4-6-27-7-5-23/h9,12-13,24H,4-8,10-11H2,1-3H3,(H,25,26)(H,19,20,21)/t12-,13+/m1/s1. The fourth-order valence-electron chi connectivity index (χ4n) is 3.60. The van der Waals surface area contributed by atoms with E-state index in [1.165, 1.54) is 0 Å². The Kier molecular flexibility index (Phi) is 5.83. The topological polar surface area (TPSA) is 111 Å². The lowest BCUT2D eigenvalue weighted by Crippen LogP contribution is -2.40. The molecule has 2 aliphatic heterocycles. The summed E-state index contributed by atoms with van der Waals surface area (Å²) in [6.45, 7) is 6.77. The van der Waals surface area contributed by atoms with Crippen molar-refractivity contribution in [2.75, 3.05) is 56.7 Å². The van der Waals surface area contributed by atoms with Gasteiger partial charge in [0.1, 0.15) is 5.82 Å². The van der Waals surface area contributed by atoms with Crippen molar-refractivity contribution in [2.45, 2.75) is 37.8 Å². The van der Waals surface area contributed by atoms with Crippen molar-refractivity contribution < 1.29 is 19.7 Å².